The highest BCUT2D eigenvalue weighted by atomic mass is 16.5. The Bertz CT molecular complexity index is 690. The zero-order valence-electron chi connectivity index (χ0n) is 12.2. The molecule has 0 saturated carbocycles. The first kappa shape index (κ1) is 13.8. The fourth-order valence-electron chi connectivity index (χ4n) is 2.41. The Labute approximate surface area is 122 Å². The van der Waals surface area contributed by atoms with Crippen LogP contribution < -0.4 is 11.1 Å². The summed E-state index contributed by atoms with van der Waals surface area (Å²) in [6.07, 6.45) is 1.56. The van der Waals surface area contributed by atoms with E-state index in [0.717, 1.165) is 0 Å². The van der Waals surface area contributed by atoms with E-state index < -0.39 is 0 Å². The molecular weight excluding hydrogens is 270 g/mol. The Kier molecular flexibility index (Phi) is 3.29. The smallest absolute Gasteiger partial charge is 0.252 e. The van der Waals surface area contributed by atoms with Crippen LogP contribution in [0.2, 0.25) is 0 Å². The molecule has 0 bridgehead atoms. The molecule has 1 fully saturated rings. The predicted octanol–water partition coefficient (Wildman–Crippen LogP) is 0.800. The maximum atomic E-state index is 12.2. The van der Waals surface area contributed by atoms with Crippen molar-refractivity contribution in [1.82, 2.24) is 19.9 Å². The number of carbonyl (C=O) groups is 1. The van der Waals surface area contributed by atoms with Crippen molar-refractivity contribution in [3.8, 4) is 0 Å². The van der Waals surface area contributed by atoms with Gasteiger partial charge in [-0.1, -0.05) is 6.92 Å². The van der Waals surface area contributed by atoms with Crippen molar-refractivity contribution in [2.45, 2.75) is 20.4 Å². The molecule has 3 rings (SSSR count). The molecule has 112 valence electrons. The highest BCUT2D eigenvalue weighted by molar-refractivity contribution is 5.96. The van der Waals surface area contributed by atoms with Crippen LogP contribution in [0.4, 0.5) is 5.95 Å². The molecule has 0 atom stereocenters. The number of nitrogens with zero attached hydrogens (tertiary/aromatic N) is 3. The van der Waals surface area contributed by atoms with Gasteiger partial charge in [0.2, 0.25) is 5.95 Å². The number of hydrogen-bond donors (Lipinski definition) is 2. The highest BCUT2D eigenvalue weighted by Gasteiger charge is 2.33. The number of rotatable bonds is 4. The van der Waals surface area contributed by atoms with Crippen LogP contribution >= 0.6 is 0 Å². The molecule has 21 heavy (non-hydrogen) atoms. The standard InChI is InChI=1S/C14H19N5O2/c1-3-19-11-10(18-13(19)15)4-9(5-16-11)12(20)17-6-14(2)7-21-8-14/h4-5H,3,6-8H2,1-2H3,(H2,15,18)(H,17,20). The number of imidazole rings is 1. The van der Waals surface area contributed by atoms with Crippen molar-refractivity contribution in [3.63, 3.8) is 0 Å². The molecule has 1 aliphatic heterocycles. The van der Waals surface area contributed by atoms with Gasteiger partial charge >= 0.3 is 0 Å². The molecule has 1 amide bonds. The van der Waals surface area contributed by atoms with Gasteiger partial charge in [0, 0.05) is 24.7 Å². The van der Waals surface area contributed by atoms with Crippen molar-refractivity contribution < 1.29 is 9.53 Å². The summed E-state index contributed by atoms with van der Waals surface area (Å²) in [5.74, 6) is 0.263. The Hall–Kier alpha value is -2.15. The summed E-state index contributed by atoms with van der Waals surface area (Å²) in [6, 6.07) is 1.72. The molecule has 0 aromatic carbocycles. The fraction of sp³-hybridized carbons (Fsp3) is 0.500. The lowest BCUT2D eigenvalue weighted by atomic mass is 9.89. The Morgan fingerprint density at radius 3 is 2.95 bits per heavy atom. The number of amides is 1. The van der Waals surface area contributed by atoms with Gasteiger partial charge in [0.25, 0.3) is 5.91 Å². The Morgan fingerprint density at radius 2 is 2.33 bits per heavy atom. The monoisotopic (exact) mass is 289 g/mol. The zero-order chi connectivity index (χ0) is 15.0. The van der Waals surface area contributed by atoms with E-state index in [4.69, 9.17) is 10.5 Å². The van der Waals surface area contributed by atoms with E-state index in [1.54, 1.807) is 12.3 Å². The number of fused-ring (bicyclic) bond motifs is 1. The summed E-state index contributed by atoms with van der Waals surface area (Å²) in [5.41, 5.74) is 7.70. The molecule has 1 saturated heterocycles. The first-order valence-corrected chi connectivity index (χ1v) is 7.00. The van der Waals surface area contributed by atoms with Gasteiger partial charge in [-0.2, -0.15) is 0 Å². The van der Waals surface area contributed by atoms with Gasteiger partial charge in [-0.05, 0) is 13.0 Å². The quantitative estimate of drug-likeness (QED) is 0.868. The number of nitrogen functional groups attached to an aromatic ring is 1. The number of hydrogen-bond acceptors (Lipinski definition) is 5. The molecular formula is C14H19N5O2. The minimum Gasteiger partial charge on any atom is -0.380 e. The van der Waals surface area contributed by atoms with Gasteiger partial charge in [0.1, 0.15) is 5.52 Å². The third kappa shape index (κ3) is 2.44. The topological polar surface area (TPSA) is 95.1 Å². The normalized spacial score (nSPS) is 16.7. The lowest BCUT2D eigenvalue weighted by Gasteiger charge is -2.37. The predicted molar refractivity (Wildman–Crippen MR) is 78.9 cm³/mol. The minimum absolute atomic E-state index is 0.0431. The average molecular weight is 289 g/mol. The minimum atomic E-state index is -0.151. The van der Waals surface area contributed by atoms with Crippen molar-refractivity contribution in [2.24, 2.45) is 5.41 Å². The molecule has 0 unspecified atom stereocenters. The molecule has 3 heterocycles. The number of pyridine rings is 1. The van der Waals surface area contributed by atoms with E-state index in [2.05, 4.69) is 22.2 Å². The van der Waals surface area contributed by atoms with Crippen molar-refractivity contribution in [1.29, 1.82) is 0 Å². The van der Waals surface area contributed by atoms with Gasteiger partial charge in [0.05, 0.1) is 18.8 Å². The number of aryl methyl sites for hydroxylation is 1. The van der Waals surface area contributed by atoms with E-state index in [1.165, 1.54) is 0 Å². The molecule has 1 aliphatic rings. The van der Waals surface area contributed by atoms with Crippen LogP contribution in [0.5, 0.6) is 0 Å². The largest absolute Gasteiger partial charge is 0.380 e. The van der Waals surface area contributed by atoms with Crippen molar-refractivity contribution in [2.75, 3.05) is 25.5 Å². The average Bonchev–Trinajstić information content (AvgIpc) is 2.76. The Balaban J connectivity index is 1.78. The van der Waals surface area contributed by atoms with Gasteiger partial charge in [-0.3, -0.25) is 9.36 Å². The van der Waals surface area contributed by atoms with Crippen molar-refractivity contribution >= 4 is 23.0 Å². The molecule has 0 radical (unpaired) electrons. The number of anilines is 1. The summed E-state index contributed by atoms with van der Waals surface area (Å²) in [6.45, 7) is 6.71. The number of ether oxygens (including phenoxy) is 1. The number of aromatic nitrogens is 3. The molecule has 3 N–H and O–H groups in total. The van der Waals surface area contributed by atoms with Crippen LogP contribution in [-0.2, 0) is 11.3 Å². The van der Waals surface area contributed by atoms with Crippen LogP contribution in [-0.4, -0.2) is 40.2 Å². The molecule has 2 aromatic rings. The summed E-state index contributed by atoms with van der Waals surface area (Å²) < 4.78 is 6.98. The molecule has 0 spiro atoms. The van der Waals surface area contributed by atoms with E-state index in [1.807, 2.05) is 11.5 Å². The zero-order valence-corrected chi connectivity index (χ0v) is 12.2. The third-order valence-corrected chi connectivity index (χ3v) is 3.77. The first-order chi connectivity index (χ1) is 10.0. The summed E-state index contributed by atoms with van der Waals surface area (Å²) >= 11 is 0. The second kappa shape index (κ2) is 5.00. The summed E-state index contributed by atoms with van der Waals surface area (Å²) in [4.78, 5) is 20.7. The second-order valence-corrected chi connectivity index (χ2v) is 5.77. The van der Waals surface area contributed by atoms with E-state index >= 15 is 0 Å². The Morgan fingerprint density at radius 1 is 1.57 bits per heavy atom. The molecule has 7 heteroatoms. The van der Waals surface area contributed by atoms with E-state index in [-0.39, 0.29) is 11.3 Å². The maximum Gasteiger partial charge on any atom is 0.252 e. The second-order valence-electron chi connectivity index (χ2n) is 5.77. The number of nitrogens with two attached hydrogens (primary N) is 1. The first-order valence-electron chi connectivity index (χ1n) is 7.00. The molecule has 0 aliphatic carbocycles. The number of nitrogens with one attached hydrogen (secondary N) is 1. The maximum absolute atomic E-state index is 12.2. The van der Waals surface area contributed by atoms with Crippen molar-refractivity contribution in [3.05, 3.63) is 17.8 Å². The van der Waals surface area contributed by atoms with Crippen LogP contribution in [0.15, 0.2) is 12.3 Å². The fourth-order valence-corrected chi connectivity index (χ4v) is 2.41. The highest BCUT2D eigenvalue weighted by Crippen LogP contribution is 2.25. The lowest BCUT2D eigenvalue weighted by Crippen LogP contribution is -2.48. The number of carbonyl (C=O) groups excluding carboxylic acids is 1. The van der Waals surface area contributed by atoms with Crippen LogP contribution in [0.1, 0.15) is 24.2 Å². The van der Waals surface area contributed by atoms with Crippen LogP contribution in [0.3, 0.4) is 0 Å². The summed E-state index contributed by atoms with van der Waals surface area (Å²) in [5, 5.41) is 2.92. The van der Waals surface area contributed by atoms with Crippen LogP contribution in [0.25, 0.3) is 11.2 Å². The third-order valence-electron chi connectivity index (χ3n) is 3.77. The molecule has 7 nitrogen and oxygen atoms in total. The summed E-state index contributed by atoms with van der Waals surface area (Å²) in [7, 11) is 0. The SMILES string of the molecule is CCn1c(N)nc2cc(C(=O)NCC3(C)COC3)cnc21. The lowest BCUT2D eigenvalue weighted by molar-refractivity contribution is -0.0978. The van der Waals surface area contributed by atoms with Crippen LogP contribution in [0, 0.1) is 5.41 Å². The molecule has 2 aromatic heterocycles. The van der Waals surface area contributed by atoms with Gasteiger partial charge < -0.3 is 15.8 Å². The van der Waals surface area contributed by atoms with E-state index in [9.17, 15) is 4.79 Å². The van der Waals surface area contributed by atoms with Gasteiger partial charge in [-0.15, -0.1) is 0 Å². The van der Waals surface area contributed by atoms with E-state index in [0.29, 0.717) is 49.0 Å². The van der Waals surface area contributed by atoms with Gasteiger partial charge in [-0.25, -0.2) is 9.97 Å². The van der Waals surface area contributed by atoms with Gasteiger partial charge in [0.15, 0.2) is 5.65 Å².